The molecule has 1 unspecified atom stereocenters. The van der Waals surface area contributed by atoms with Gasteiger partial charge in [0.1, 0.15) is 5.82 Å². The number of rotatable bonds is 2. The molecule has 0 fully saturated rings. The minimum atomic E-state index is -0.732. The van der Waals surface area contributed by atoms with Gasteiger partial charge >= 0.3 is 0 Å². The zero-order chi connectivity index (χ0) is 12.6. The lowest BCUT2D eigenvalue weighted by molar-refractivity contribution is 0.198. The van der Waals surface area contributed by atoms with Gasteiger partial charge in [-0.1, -0.05) is 0 Å². The van der Waals surface area contributed by atoms with Gasteiger partial charge in [0, 0.05) is 11.8 Å². The largest absolute Gasteiger partial charge is 0.389 e. The van der Waals surface area contributed by atoms with Gasteiger partial charge in [-0.2, -0.15) is 5.10 Å². The van der Waals surface area contributed by atoms with E-state index in [9.17, 15) is 9.50 Å². The molecule has 90 valence electrons. The summed E-state index contributed by atoms with van der Waals surface area (Å²) in [7, 11) is 0. The van der Waals surface area contributed by atoms with Crippen molar-refractivity contribution in [3.63, 3.8) is 0 Å². The fourth-order valence-corrected chi connectivity index (χ4v) is 1.76. The smallest absolute Gasteiger partial charge is 0.126 e. The summed E-state index contributed by atoms with van der Waals surface area (Å²) in [6.45, 7) is 5.19. The van der Waals surface area contributed by atoms with Crippen LogP contribution in [0.1, 0.15) is 29.8 Å². The van der Waals surface area contributed by atoms with E-state index in [1.54, 1.807) is 30.8 Å². The lowest BCUT2D eigenvalue weighted by atomic mass is 10.1. The second-order valence-electron chi connectivity index (χ2n) is 4.24. The molecule has 3 nitrogen and oxygen atoms in total. The number of aromatic nitrogens is 2. The van der Waals surface area contributed by atoms with Crippen molar-refractivity contribution in [1.82, 2.24) is 9.78 Å². The Morgan fingerprint density at radius 2 is 2.06 bits per heavy atom. The van der Waals surface area contributed by atoms with Crippen molar-refractivity contribution in [3.8, 4) is 5.69 Å². The molecule has 0 aliphatic carbocycles. The van der Waals surface area contributed by atoms with Gasteiger partial charge in [-0.05, 0) is 44.5 Å². The predicted molar refractivity (Wildman–Crippen MR) is 63.6 cm³/mol. The highest BCUT2D eigenvalue weighted by Crippen LogP contribution is 2.24. The maximum Gasteiger partial charge on any atom is 0.126 e. The van der Waals surface area contributed by atoms with Crippen LogP contribution in [0.4, 0.5) is 4.39 Å². The summed E-state index contributed by atoms with van der Waals surface area (Å²) < 4.78 is 15.2. The number of aliphatic hydroxyl groups is 1. The van der Waals surface area contributed by atoms with Gasteiger partial charge in [0.15, 0.2) is 0 Å². The first-order valence-electron chi connectivity index (χ1n) is 5.50. The normalized spacial score (nSPS) is 12.8. The molecular weight excluding hydrogens is 219 g/mol. The Hall–Kier alpha value is -1.68. The average Bonchev–Trinajstić information content (AvgIpc) is 2.68. The summed E-state index contributed by atoms with van der Waals surface area (Å²) in [5, 5.41) is 14.0. The van der Waals surface area contributed by atoms with Crippen LogP contribution in [0.25, 0.3) is 5.69 Å². The van der Waals surface area contributed by atoms with Crippen molar-refractivity contribution in [2.75, 3.05) is 0 Å². The van der Waals surface area contributed by atoms with E-state index < -0.39 is 6.10 Å². The van der Waals surface area contributed by atoms with Crippen molar-refractivity contribution >= 4 is 0 Å². The van der Waals surface area contributed by atoms with Crippen molar-refractivity contribution in [2.45, 2.75) is 26.9 Å². The monoisotopic (exact) mass is 234 g/mol. The fourth-order valence-electron chi connectivity index (χ4n) is 1.76. The van der Waals surface area contributed by atoms with E-state index in [1.165, 1.54) is 6.07 Å². The summed E-state index contributed by atoms with van der Waals surface area (Å²) in [5.74, 6) is -0.312. The summed E-state index contributed by atoms with van der Waals surface area (Å²) in [5.41, 5.74) is 2.67. The van der Waals surface area contributed by atoms with Gasteiger partial charge in [0.05, 0.1) is 17.5 Å². The number of aliphatic hydroxyl groups excluding tert-OH is 1. The maximum absolute atomic E-state index is 13.5. The zero-order valence-corrected chi connectivity index (χ0v) is 10.1. The quantitative estimate of drug-likeness (QED) is 0.867. The second kappa shape index (κ2) is 4.30. The first-order chi connectivity index (χ1) is 7.99. The SMILES string of the molecule is Cc1ccn(-c2cc(C)c(F)cc2C(C)O)n1. The third-order valence-corrected chi connectivity index (χ3v) is 2.73. The molecule has 0 saturated carbocycles. The Morgan fingerprint density at radius 3 is 2.59 bits per heavy atom. The summed E-state index contributed by atoms with van der Waals surface area (Å²) in [6, 6.07) is 4.93. The van der Waals surface area contributed by atoms with Crippen molar-refractivity contribution in [2.24, 2.45) is 0 Å². The molecule has 1 N–H and O–H groups in total. The molecule has 4 heteroatoms. The van der Waals surface area contributed by atoms with Gasteiger partial charge in [-0.15, -0.1) is 0 Å². The molecule has 0 radical (unpaired) electrons. The fraction of sp³-hybridized carbons (Fsp3) is 0.308. The van der Waals surface area contributed by atoms with Crippen LogP contribution in [0.3, 0.4) is 0 Å². The molecule has 17 heavy (non-hydrogen) atoms. The Balaban J connectivity index is 2.63. The Labute approximate surface area is 99.5 Å². The van der Waals surface area contributed by atoms with Crippen LogP contribution < -0.4 is 0 Å². The first-order valence-corrected chi connectivity index (χ1v) is 5.50. The summed E-state index contributed by atoms with van der Waals surface area (Å²) in [4.78, 5) is 0. The molecule has 2 rings (SSSR count). The maximum atomic E-state index is 13.5. The predicted octanol–water partition coefficient (Wildman–Crippen LogP) is 2.68. The van der Waals surface area contributed by atoms with Crippen LogP contribution in [0.15, 0.2) is 24.4 Å². The number of benzene rings is 1. The third kappa shape index (κ3) is 2.22. The van der Waals surface area contributed by atoms with Gasteiger partial charge < -0.3 is 5.11 Å². The van der Waals surface area contributed by atoms with Gasteiger partial charge in [-0.3, -0.25) is 0 Å². The summed E-state index contributed by atoms with van der Waals surface area (Å²) >= 11 is 0. The van der Waals surface area contributed by atoms with Crippen molar-refractivity contribution < 1.29 is 9.50 Å². The van der Waals surface area contributed by atoms with Crippen LogP contribution in [0.5, 0.6) is 0 Å². The Bertz CT molecular complexity index is 546. The number of halogens is 1. The minimum absolute atomic E-state index is 0.312. The number of nitrogens with zero attached hydrogens (tertiary/aromatic N) is 2. The second-order valence-corrected chi connectivity index (χ2v) is 4.24. The number of aryl methyl sites for hydroxylation is 2. The average molecular weight is 234 g/mol. The van der Waals surface area contributed by atoms with Crippen LogP contribution in [-0.4, -0.2) is 14.9 Å². The lowest BCUT2D eigenvalue weighted by Gasteiger charge is -2.13. The van der Waals surface area contributed by atoms with E-state index >= 15 is 0 Å². The minimum Gasteiger partial charge on any atom is -0.389 e. The van der Waals surface area contributed by atoms with Gasteiger partial charge in [-0.25, -0.2) is 9.07 Å². The highest BCUT2D eigenvalue weighted by Gasteiger charge is 2.13. The van der Waals surface area contributed by atoms with Crippen LogP contribution in [0.2, 0.25) is 0 Å². The van der Waals surface area contributed by atoms with Crippen LogP contribution in [0, 0.1) is 19.7 Å². The highest BCUT2D eigenvalue weighted by molar-refractivity contribution is 5.45. The molecule has 1 heterocycles. The molecule has 1 aromatic heterocycles. The van der Waals surface area contributed by atoms with E-state index in [2.05, 4.69) is 5.10 Å². The number of hydrogen-bond donors (Lipinski definition) is 1. The van der Waals surface area contributed by atoms with E-state index in [1.807, 2.05) is 13.0 Å². The van der Waals surface area contributed by atoms with E-state index in [4.69, 9.17) is 0 Å². The van der Waals surface area contributed by atoms with Crippen molar-refractivity contribution in [1.29, 1.82) is 0 Å². The molecule has 0 bridgehead atoms. The number of hydrogen-bond acceptors (Lipinski definition) is 2. The van der Waals surface area contributed by atoms with Gasteiger partial charge in [0.2, 0.25) is 0 Å². The van der Waals surface area contributed by atoms with Crippen LogP contribution >= 0.6 is 0 Å². The van der Waals surface area contributed by atoms with E-state index in [0.29, 0.717) is 16.8 Å². The third-order valence-electron chi connectivity index (χ3n) is 2.73. The molecule has 0 saturated heterocycles. The highest BCUT2D eigenvalue weighted by atomic mass is 19.1. The topological polar surface area (TPSA) is 38.0 Å². The van der Waals surface area contributed by atoms with Crippen molar-refractivity contribution in [3.05, 3.63) is 47.0 Å². The standard InChI is InChI=1S/C13H15FN2O/c1-8-6-13(16-5-4-9(2)15-16)11(10(3)17)7-12(8)14/h4-7,10,17H,1-3H3. The summed E-state index contributed by atoms with van der Waals surface area (Å²) in [6.07, 6.45) is 1.07. The molecule has 0 aliphatic rings. The molecular formula is C13H15FN2O. The van der Waals surface area contributed by atoms with Crippen LogP contribution in [-0.2, 0) is 0 Å². The first kappa shape index (κ1) is 11.8. The Kier molecular flexibility index (Phi) is 2.98. The molecule has 0 amide bonds. The lowest BCUT2D eigenvalue weighted by Crippen LogP contribution is -2.05. The molecule has 1 aromatic carbocycles. The molecule has 0 spiro atoms. The zero-order valence-electron chi connectivity index (χ0n) is 10.1. The van der Waals surface area contributed by atoms with E-state index in [-0.39, 0.29) is 5.82 Å². The molecule has 1 atom stereocenters. The Morgan fingerprint density at radius 1 is 1.35 bits per heavy atom. The van der Waals surface area contributed by atoms with E-state index in [0.717, 1.165) is 5.69 Å². The van der Waals surface area contributed by atoms with Gasteiger partial charge in [0.25, 0.3) is 0 Å². The molecule has 2 aromatic rings. The molecule has 0 aliphatic heterocycles.